The minimum atomic E-state index is 0.663. The van der Waals surface area contributed by atoms with Crippen molar-refractivity contribution in [3.63, 3.8) is 0 Å². The number of nitrogens with zero attached hydrogens (tertiary/aromatic N) is 3. The highest BCUT2D eigenvalue weighted by Gasteiger charge is 2.39. The van der Waals surface area contributed by atoms with Crippen molar-refractivity contribution in [1.29, 1.82) is 0 Å². The van der Waals surface area contributed by atoms with Crippen LogP contribution in [0.3, 0.4) is 0 Å². The first-order valence-electron chi connectivity index (χ1n) is 5.00. The molecular formula is C9H14N4. The van der Waals surface area contributed by atoms with Crippen molar-refractivity contribution in [2.24, 2.45) is 11.8 Å². The van der Waals surface area contributed by atoms with Gasteiger partial charge >= 0.3 is 0 Å². The van der Waals surface area contributed by atoms with Crippen molar-refractivity contribution in [2.75, 3.05) is 13.1 Å². The molecule has 2 bridgehead atoms. The maximum absolute atomic E-state index is 3.89. The zero-order valence-electron chi connectivity index (χ0n) is 7.56. The molecule has 2 heterocycles. The van der Waals surface area contributed by atoms with Gasteiger partial charge in [0.2, 0.25) is 0 Å². The summed E-state index contributed by atoms with van der Waals surface area (Å²) in [6, 6.07) is 0.663. The third-order valence-electron chi connectivity index (χ3n) is 3.47. The van der Waals surface area contributed by atoms with Crippen LogP contribution in [-0.4, -0.2) is 27.9 Å². The van der Waals surface area contributed by atoms with Crippen molar-refractivity contribution >= 4 is 0 Å². The molecule has 0 radical (unpaired) electrons. The monoisotopic (exact) mass is 178 g/mol. The zero-order valence-corrected chi connectivity index (χ0v) is 7.56. The summed E-state index contributed by atoms with van der Waals surface area (Å²) in [5.74, 6) is 1.60. The van der Waals surface area contributed by atoms with E-state index in [9.17, 15) is 0 Å². The maximum Gasteiger partial charge on any atom is 0.119 e. The van der Waals surface area contributed by atoms with Crippen LogP contribution >= 0.6 is 0 Å². The highest BCUT2D eigenvalue weighted by molar-refractivity contribution is 4.95. The van der Waals surface area contributed by atoms with Crippen molar-refractivity contribution in [1.82, 2.24) is 20.1 Å². The van der Waals surface area contributed by atoms with Gasteiger partial charge in [0.15, 0.2) is 0 Å². The second-order valence-corrected chi connectivity index (χ2v) is 4.16. The number of nitrogens with one attached hydrogen (secondary N) is 1. The predicted octanol–water partition coefficient (Wildman–Crippen LogP) is 0.449. The fourth-order valence-electron chi connectivity index (χ4n) is 2.90. The van der Waals surface area contributed by atoms with Gasteiger partial charge in [-0.2, -0.15) is 0 Å². The molecule has 1 aromatic heterocycles. The summed E-state index contributed by atoms with van der Waals surface area (Å²) in [6.07, 6.45) is 6.45. The first-order valence-corrected chi connectivity index (χ1v) is 5.00. The maximum atomic E-state index is 3.89. The summed E-state index contributed by atoms with van der Waals surface area (Å²) in [6.45, 7) is 2.33. The Morgan fingerprint density at radius 3 is 2.31 bits per heavy atom. The molecular weight excluding hydrogens is 164 g/mol. The molecule has 0 aromatic carbocycles. The van der Waals surface area contributed by atoms with Gasteiger partial charge in [0.1, 0.15) is 12.7 Å². The van der Waals surface area contributed by atoms with E-state index in [1.54, 1.807) is 0 Å². The number of rotatable bonds is 1. The Labute approximate surface area is 77.4 Å². The summed E-state index contributed by atoms with van der Waals surface area (Å²) >= 11 is 0. The van der Waals surface area contributed by atoms with Gasteiger partial charge in [-0.3, -0.25) is 0 Å². The van der Waals surface area contributed by atoms with Crippen LogP contribution < -0.4 is 5.32 Å². The molecule has 2 atom stereocenters. The minimum Gasteiger partial charge on any atom is -0.316 e. The van der Waals surface area contributed by atoms with Crippen molar-refractivity contribution in [3.8, 4) is 0 Å². The topological polar surface area (TPSA) is 42.7 Å². The lowest BCUT2D eigenvalue weighted by molar-refractivity contribution is 0.247. The van der Waals surface area contributed by atoms with Gasteiger partial charge < -0.3 is 9.88 Å². The molecule has 0 amide bonds. The number of hydrogen-bond acceptors (Lipinski definition) is 3. The molecule has 3 rings (SSSR count). The second-order valence-electron chi connectivity index (χ2n) is 4.16. The molecule has 2 fully saturated rings. The van der Waals surface area contributed by atoms with Gasteiger partial charge in [-0.25, -0.2) is 0 Å². The Morgan fingerprint density at radius 1 is 1.08 bits per heavy atom. The molecule has 1 saturated heterocycles. The summed E-state index contributed by atoms with van der Waals surface area (Å²) in [4.78, 5) is 0. The van der Waals surface area contributed by atoms with E-state index >= 15 is 0 Å². The number of fused-ring (bicyclic) bond motifs is 2. The molecule has 4 heteroatoms. The van der Waals surface area contributed by atoms with Gasteiger partial charge in [-0.05, 0) is 37.8 Å². The highest BCUT2D eigenvalue weighted by Crippen LogP contribution is 2.42. The standard InChI is InChI=1S/C9H14N4/c1-2-8-4-10-3-7(1)9(8)13-5-11-12-6-13/h5-10H,1-4H2. The molecule has 2 aliphatic rings. The van der Waals surface area contributed by atoms with Crippen molar-refractivity contribution in [3.05, 3.63) is 12.7 Å². The van der Waals surface area contributed by atoms with E-state index in [4.69, 9.17) is 0 Å². The van der Waals surface area contributed by atoms with Gasteiger partial charge in [-0.1, -0.05) is 0 Å². The SMILES string of the molecule is c1nncn1C1C2CCC1CNC2. The Hall–Kier alpha value is -0.900. The minimum absolute atomic E-state index is 0.663. The molecule has 13 heavy (non-hydrogen) atoms. The number of piperidine rings is 1. The number of hydrogen-bond donors (Lipinski definition) is 1. The van der Waals surface area contributed by atoms with Crippen LogP contribution in [-0.2, 0) is 0 Å². The predicted molar refractivity (Wildman–Crippen MR) is 48.1 cm³/mol. The molecule has 1 aromatic rings. The summed E-state index contributed by atoms with van der Waals surface area (Å²) in [5, 5.41) is 11.3. The largest absolute Gasteiger partial charge is 0.316 e. The van der Waals surface area contributed by atoms with Crippen LogP contribution in [0.5, 0.6) is 0 Å². The Morgan fingerprint density at radius 2 is 1.69 bits per heavy atom. The van der Waals surface area contributed by atoms with Crippen LogP contribution in [0.25, 0.3) is 0 Å². The lowest BCUT2D eigenvalue weighted by atomic mass is 9.93. The average Bonchev–Trinajstić information content (AvgIpc) is 2.72. The lowest BCUT2D eigenvalue weighted by Crippen LogP contribution is -2.38. The van der Waals surface area contributed by atoms with E-state index in [1.807, 2.05) is 12.7 Å². The van der Waals surface area contributed by atoms with Crippen LogP contribution in [0.4, 0.5) is 0 Å². The quantitative estimate of drug-likeness (QED) is 0.679. The zero-order chi connectivity index (χ0) is 8.67. The molecule has 1 N–H and O–H groups in total. The van der Waals surface area contributed by atoms with Gasteiger partial charge in [0.05, 0.1) is 0 Å². The van der Waals surface area contributed by atoms with Crippen LogP contribution in [0.2, 0.25) is 0 Å². The molecule has 70 valence electrons. The second kappa shape index (κ2) is 2.80. The van der Waals surface area contributed by atoms with Crippen LogP contribution in [0.15, 0.2) is 12.7 Å². The molecule has 4 nitrogen and oxygen atoms in total. The Kier molecular flexibility index (Phi) is 1.62. The molecule has 1 saturated carbocycles. The van der Waals surface area contributed by atoms with Crippen LogP contribution in [0.1, 0.15) is 18.9 Å². The number of aromatic nitrogens is 3. The van der Waals surface area contributed by atoms with E-state index in [0.717, 1.165) is 11.8 Å². The van der Waals surface area contributed by atoms with E-state index in [0.29, 0.717) is 6.04 Å². The Balaban J connectivity index is 1.91. The first-order chi connectivity index (χ1) is 6.45. The summed E-state index contributed by atoms with van der Waals surface area (Å²) in [5.41, 5.74) is 0. The third kappa shape index (κ3) is 1.09. The van der Waals surface area contributed by atoms with Gasteiger partial charge in [-0.15, -0.1) is 10.2 Å². The van der Waals surface area contributed by atoms with Crippen molar-refractivity contribution < 1.29 is 0 Å². The smallest absolute Gasteiger partial charge is 0.119 e. The van der Waals surface area contributed by atoms with E-state index < -0.39 is 0 Å². The Bertz CT molecular complexity index is 266. The van der Waals surface area contributed by atoms with Gasteiger partial charge in [0, 0.05) is 6.04 Å². The average molecular weight is 178 g/mol. The molecule has 2 unspecified atom stereocenters. The molecule has 0 spiro atoms. The normalized spacial score (nSPS) is 38.0. The highest BCUT2D eigenvalue weighted by atomic mass is 15.3. The lowest BCUT2D eigenvalue weighted by Gasteiger charge is -2.31. The molecule has 1 aliphatic carbocycles. The fraction of sp³-hybridized carbons (Fsp3) is 0.778. The van der Waals surface area contributed by atoms with E-state index in [1.165, 1.54) is 25.9 Å². The summed E-state index contributed by atoms with van der Waals surface area (Å²) < 4.78 is 2.20. The molecule has 1 aliphatic heterocycles. The van der Waals surface area contributed by atoms with E-state index in [-0.39, 0.29) is 0 Å². The first kappa shape index (κ1) is 7.50. The van der Waals surface area contributed by atoms with E-state index in [2.05, 4.69) is 20.1 Å². The summed E-state index contributed by atoms with van der Waals surface area (Å²) in [7, 11) is 0. The van der Waals surface area contributed by atoms with Gasteiger partial charge in [0.25, 0.3) is 0 Å². The van der Waals surface area contributed by atoms with Crippen molar-refractivity contribution in [2.45, 2.75) is 18.9 Å². The third-order valence-corrected chi connectivity index (χ3v) is 3.47. The van der Waals surface area contributed by atoms with Crippen LogP contribution in [0, 0.1) is 11.8 Å². The fourth-order valence-corrected chi connectivity index (χ4v) is 2.90.